The predicted octanol–water partition coefficient (Wildman–Crippen LogP) is 2.71. The van der Waals surface area contributed by atoms with Crippen LogP contribution in [0.15, 0.2) is 61.1 Å². The number of hydrogen-bond donors (Lipinski definition) is 2. The first-order chi connectivity index (χ1) is 14.6. The zero-order valence-electron chi connectivity index (χ0n) is 16.9. The van der Waals surface area contributed by atoms with Crippen molar-refractivity contribution in [2.75, 3.05) is 6.54 Å². The third-order valence-electron chi connectivity index (χ3n) is 5.34. The maximum Gasteiger partial charge on any atom is 0.223 e. The minimum atomic E-state index is -0.104. The zero-order chi connectivity index (χ0) is 20.9. The minimum Gasteiger partial charge on any atom is -0.355 e. The van der Waals surface area contributed by atoms with Gasteiger partial charge in [-0.05, 0) is 36.6 Å². The maximum absolute atomic E-state index is 12.3. The summed E-state index contributed by atoms with van der Waals surface area (Å²) in [7, 11) is 0. The van der Waals surface area contributed by atoms with Crippen LogP contribution in [-0.2, 0) is 16.1 Å². The smallest absolute Gasteiger partial charge is 0.223 e. The highest BCUT2D eigenvalue weighted by molar-refractivity contribution is 5.82. The summed E-state index contributed by atoms with van der Waals surface area (Å²) in [5.41, 5.74) is 3.60. The van der Waals surface area contributed by atoms with Crippen molar-refractivity contribution >= 4 is 11.8 Å². The molecule has 3 aromatic rings. The van der Waals surface area contributed by atoms with Crippen molar-refractivity contribution < 1.29 is 9.59 Å². The Kier molecular flexibility index (Phi) is 5.88. The van der Waals surface area contributed by atoms with E-state index in [-0.39, 0.29) is 24.2 Å². The second kappa shape index (κ2) is 8.90. The number of para-hydroxylation sites is 1. The van der Waals surface area contributed by atoms with Crippen LogP contribution in [0.2, 0.25) is 0 Å². The van der Waals surface area contributed by atoms with E-state index in [4.69, 9.17) is 5.10 Å². The van der Waals surface area contributed by atoms with Crippen LogP contribution in [0.4, 0.5) is 0 Å². The molecule has 2 aromatic heterocycles. The van der Waals surface area contributed by atoms with E-state index < -0.39 is 0 Å². The third kappa shape index (κ3) is 4.74. The molecule has 1 saturated carbocycles. The van der Waals surface area contributed by atoms with Crippen LogP contribution in [0.5, 0.6) is 0 Å². The van der Waals surface area contributed by atoms with Gasteiger partial charge in [0, 0.05) is 55.1 Å². The van der Waals surface area contributed by atoms with Crippen LogP contribution in [0, 0.1) is 11.8 Å². The molecule has 154 valence electrons. The average Bonchev–Trinajstić information content (AvgIpc) is 3.36. The monoisotopic (exact) mass is 403 g/mol. The second-order valence-electron chi connectivity index (χ2n) is 7.66. The van der Waals surface area contributed by atoms with E-state index in [2.05, 4.69) is 22.5 Å². The molecule has 7 nitrogen and oxygen atoms in total. The molecule has 2 N–H and O–H groups in total. The Morgan fingerprint density at radius 2 is 1.83 bits per heavy atom. The predicted molar refractivity (Wildman–Crippen MR) is 114 cm³/mol. The zero-order valence-corrected chi connectivity index (χ0v) is 16.9. The van der Waals surface area contributed by atoms with Gasteiger partial charge < -0.3 is 10.6 Å². The fraction of sp³-hybridized carbons (Fsp3) is 0.304. The molecule has 2 atom stereocenters. The molecular formula is C23H25N5O2. The Balaban J connectivity index is 1.40. The molecule has 0 radical (unpaired) electrons. The van der Waals surface area contributed by atoms with Crippen LogP contribution >= 0.6 is 0 Å². The van der Waals surface area contributed by atoms with Crippen molar-refractivity contribution in [3.05, 3.63) is 66.6 Å². The molecule has 0 bridgehead atoms. The minimum absolute atomic E-state index is 0.0550. The summed E-state index contributed by atoms with van der Waals surface area (Å²) in [6.45, 7) is 2.78. The summed E-state index contributed by atoms with van der Waals surface area (Å²) in [6, 6.07) is 13.6. The Morgan fingerprint density at radius 1 is 1.10 bits per heavy atom. The van der Waals surface area contributed by atoms with Gasteiger partial charge in [0.1, 0.15) is 0 Å². The normalized spacial score (nSPS) is 17.4. The number of benzene rings is 1. The van der Waals surface area contributed by atoms with Gasteiger partial charge in [-0.1, -0.05) is 25.1 Å². The molecule has 1 fully saturated rings. The lowest BCUT2D eigenvalue weighted by molar-refractivity contribution is -0.123. The first kappa shape index (κ1) is 19.8. The lowest BCUT2D eigenvalue weighted by atomic mass is 10.1. The van der Waals surface area contributed by atoms with Gasteiger partial charge in [-0.3, -0.25) is 14.6 Å². The standard InChI is InChI=1S/C23H25N5O2/c1-16-13-20(16)23(30)25-12-9-21(29)26-14-18-15-28(19-5-3-2-4-6-19)27-22(18)17-7-10-24-11-8-17/h2-8,10-11,15-16,20H,9,12-14H2,1H3,(H,25,30)(H,26,29). The summed E-state index contributed by atoms with van der Waals surface area (Å²) in [5.74, 6) is 0.540. The molecule has 0 spiro atoms. The highest BCUT2D eigenvalue weighted by atomic mass is 16.2. The Labute approximate surface area is 175 Å². The van der Waals surface area contributed by atoms with E-state index in [1.165, 1.54) is 0 Å². The van der Waals surface area contributed by atoms with E-state index in [9.17, 15) is 9.59 Å². The number of pyridine rings is 1. The van der Waals surface area contributed by atoms with Crippen LogP contribution in [0.1, 0.15) is 25.3 Å². The molecule has 30 heavy (non-hydrogen) atoms. The molecule has 4 rings (SSSR count). The maximum atomic E-state index is 12.3. The van der Waals surface area contributed by atoms with Crippen LogP contribution < -0.4 is 10.6 Å². The molecule has 7 heteroatoms. The van der Waals surface area contributed by atoms with E-state index in [1.807, 2.05) is 53.3 Å². The number of nitrogens with one attached hydrogen (secondary N) is 2. The van der Waals surface area contributed by atoms with Crippen LogP contribution in [0.25, 0.3) is 16.9 Å². The lowest BCUT2D eigenvalue weighted by Crippen LogP contribution is -2.31. The van der Waals surface area contributed by atoms with Gasteiger partial charge in [0.25, 0.3) is 0 Å². The van der Waals surface area contributed by atoms with Gasteiger partial charge in [-0.15, -0.1) is 0 Å². The largest absolute Gasteiger partial charge is 0.355 e. The van der Waals surface area contributed by atoms with Crippen LogP contribution in [0.3, 0.4) is 0 Å². The highest BCUT2D eigenvalue weighted by Gasteiger charge is 2.38. The lowest BCUT2D eigenvalue weighted by Gasteiger charge is -2.07. The first-order valence-corrected chi connectivity index (χ1v) is 10.2. The summed E-state index contributed by atoms with van der Waals surface area (Å²) >= 11 is 0. The summed E-state index contributed by atoms with van der Waals surface area (Å²) in [6.07, 6.45) is 6.58. The molecule has 1 aromatic carbocycles. The van der Waals surface area contributed by atoms with Crippen molar-refractivity contribution in [3.63, 3.8) is 0 Å². The van der Waals surface area contributed by atoms with Gasteiger partial charge in [0.2, 0.25) is 11.8 Å². The summed E-state index contributed by atoms with van der Waals surface area (Å²) in [4.78, 5) is 28.2. The molecule has 1 aliphatic rings. The fourth-order valence-corrected chi connectivity index (χ4v) is 3.40. The molecule has 0 saturated heterocycles. The first-order valence-electron chi connectivity index (χ1n) is 10.2. The molecule has 0 aliphatic heterocycles. The summed E-state index contributed by atoms with van der Waals surface area (Å²) < 4.78 is 1.81. The highest BCUT2D eigenvalue weighted by Crippen LogP contribution is 2.37. The topological polar surface area (TPSA) is 88.9 Å². The van der Waals surface area contributed by atoms with Gasteiger partial charge in [0.15, 0.2) is 0 Å². The van der Waals surface area contributed by atoms with E-state index >= 15 is 0 Å². The number of hydrogen-bond acceptors (Lipinski definition) is 4. The van der Waals surface area contributed by atoms with Gasteiger partial charge in [-0.2, -0.15) is 5.10 Å². The molecular weight excluding hydrogens is 378 g/mol. The Morgan fingerprint density at radius 3 is 2.53 bits per heavy atom. The van der Waals surface area contributed by atoms with E-state index in [0.717, 1.165) is 28.9 Å². The Bertz CT molecular complexity index is 1020. The number of nitrogens with zero attached hydrogens (tertiary/aromatic N) is 3. The molecule has 2 amide bonds. The third-order valence-corrected chi connectivity index (χ3v) is 5.34. The number of carbonyl (C=O) groups excluding carboxylic acids is 2. The van der Waals surface area contributed by atoms with Crippen molar-refractivity contribution in [2.24, 2.45) is 11.8 Å². The summed E-state index contributed by atoms with van der Waals surface area (Å²) in [5, 5.41) is 10.5. The van der Waals surface area contributed by atoms with Gasteiger partial charge >= 0.3 is 0 Å². The van der Waals surface area contributed by atoms with Crippen LogP contribution in [-0.4, -0.2) is 33.1 Å². The van der Waals surface area contributed by atoms with E-state index in [0.29, 0.717) is 19.0 Å². The van der Waals surface area contributed by atoms with Crippen molar-refractivity contribution in [1.82, 2.24) is 25.4 Å². The number of aromatic nitrogens is 3. The van der Waals surface area contributed by atoms with Gasteiger partial charge in [-0.25, -0.2) is 4.68 Å². The SMILES string of the molecule is CC1CC1C(=O)NCCC(=O)NCc1cn(-c2ccccc2)nc1-c1ccncc1. The quantitative estimate of drug-likeness (QED) is 0.605. The van der Waals surface area contributed by atoms with Crippen molar-refractivity contribution in [3.8, 4) is 16.9 Å². The molecule has 1 aliphatic carbocycles. The average molecular weight is 403 g/mol. The fourth-order valence-electron chi connectivity index (χ4n) is 3.40. The number of rotatable bonds is 8. The second-order valence-corrected chi connectivity index (χ2v) is 7.66. The molecule has 2 heterocycles. The van der Waals surface area contributed by atoms with Gasteiger partial charge in [0.05, 0.1) is 11.4 Å². The molecule has 2 unspecified atom stereocenters. The van der Waals surface area contributed by atoms with Crippen molar-refractivity contribution in [2.45, 2.75) is 26.3 Å². The van der Waals surface area contributed by atoms with Crippen molar-refractivity contribution in [1.29, 1.82) is 0 Å². The number of carbonyl (C=O) groups is 2. The number of amides is 2. The van der Waals surface area contributed by atoms with E-state index in [1.54, 1.807) is 12.4 Å². The Hall–Kier alpha value is -3.48.